The largest absolute Gasteiger partial charge is 0.352 e. The molecule has 7 heteroatoms. The molecule has 1 aromatic heterocycles. The highest BCUT2D eigenvalue weighted by Gasteiger charge is 2.02. The first-order valence-corrected chi connectivity index (χ1v) is 6.34. The molecule has 2 N–H and O–H groups in total. The highest BCUT2D eigenvalue weighted by molar-refractivity contribution is 5.91. The van der Waals surface area contributed by atoms with Crippen molar-refractivity contribution in [3.63, 3.8) is 0 Å². The van der Waals surface area contributed by atoms with Gasteiger partial charge in [-0.25, -0.2) is 4.98 Å². The first kappa shape index (κ1) is 14.4. The van der Waals surface area contributed by atoms with E-state index < -0.39 is 4.92 Å². The molecule has 0 aliphatic rings. The fourth-order valence-electron chi connectivity index (χ4n) is 1.68. The number of aromatic amines is 1. The predicted molar refractivity (Wildman–Crippen MR) is 77.4 cm³/mol. The zero-order valence-corrected chi connectivity index (χ0v) is 11.2. The Balaban J connectivity index is 1.80. The monoisotopic (exact) mass is 286 g/mol. The minimum Gasteiger partial charge on any atom is -0.352 e. The molecule has 0 aliphatic heterocycles. The van der Waals surface area contributed by atoms with Crippen molar-refractivity contribution in [1.29, 1.82) is 0 Å². The zero-order chi connectivity index (χ0) is 15.1. The van der Waals surface area contributed by atoms with Gasteiger partial charge in [0.05, 0.1) is 4.92 Å². The topological polar surface area (TPSA) is 101 Å². The van der Waals surface area contributed by atoms with Gasteiger partial charge in [0, 0.05) is 43.6 Å². The van der Waals surface area contributed by atoms with E-state index in [4.69, 9.17) is 0 Å². The van der Waals surface area contributed by atoms with Crippen LogP contribution >= 0.6 is 0 Å². The van der Waals surface area contributed by atoms with Crippen LogP contribution in [0.3, 0.4) is 0 Å². The van der Waals surface area contributed by atoms with Gasteiger partial charge in [-0.2, -0.15) is 0 Å². The van der Waals surface area contributed by atoms with Crippen molar-refractivity contribution < 1.29 is 9.72 Å². The first-order valence-electron chi connectivity index (χ1n) is 6.34. The Labute approximate surface area is 120 Å². The lowest BCUT2D eigenvalue weighted by Crippen LogP contribution is -2.23. The predicted octanol–water partition coefficient (Wildman–Crippen LogP) is 1.69. The van der Waals surface area contributed by atoms with Crippen molar-refractivity contribution in [3.05, 3.63) is 64.2 Å². The SMILES string of the molecule is O=C(/C=C/c1ccc([N+](=O)[O-])cc1)NCCc1ncc[nH]1. The Morgan fingerprint density at radius 1 is 1.38 bits per heavy atom. The Morgan fingerprint density at radius 2 is 2.14 bits per heavy atom. The molecule has 108 valence electrons. The summed E-state index contributed by atoms with van der Waals surface area (Å²) in [5, 5.41) is 13.2. The third-order valence-electron chi connectivity index (χ3n) is 2.75. The van der Waals surface area contributed by atoms with Crippen LogP contribution in [0.25, 0.3) is 6.08 Å². The molecule has 1 heterocycles. The molecule has 0 spiro atoms. The molecule has 2 rings (SSSR count). The van der Waals surface area contributed by atoms with Crippen molar-refractivity contribution in [2.24, 2.45) is 0 Å². The fourth-order valence-corrected chi connectivity index (χ4v) is 1.68. The van der Waals surface area contributed by atoms with Crippen LogP contribution in [-0.2, 0) is 11.2 Å². The first-order chi connectivity index (χ1) is 10.1. The number of H-pyrrole nitrogens is 1. The molecule has 0 fully saturated rings. The highest BCUT2D eigenvalue weighted by atomic mass is 16.6. The maximum atomic E-state index is 11.6. The van der Waals surface area contributed by atoms with Crippen LogP contribution in [0, 0.1) is 10.1 Å². The second kappa shape index (κ2) is 6.99. The second-order valence-electron chi connectivity index (χ2n) is 4.26. The Morgan fingerprint density at radius 3 is 2.76 bits per heavy atom. The summed E-state index contributed by atoms with van der Waals surface area (Å²) in [6.07, 6.45) is 7.01. The molecule has 21 heavy (non-hydrogen) atoms. The summed E-state index contributed by atoms with van der Waals surface area (Å²) >= 11 is 0. The maximum absolute atomic E-state index is 11.6. The number of nitrogens with one attached hydrogen (secondary N) is 2. The summed E-state index contributed by atoms with van der Waals surface area (Å²) in [6, 6.07) is 5.97. The van der Waals surface area contributed by atoms with Crippen molar-refractivity contribution >= 4 is 17.7 Å². The lowest BCUT2D eigenvalue weighted by atomic mass is 10.2. The number of hydrogen-bond acceptors (Lipinski definition) is 4. The minimum absolute atomic E-state index is 0.0232. The third-order valence-corrected chi connectivity index (χ3v) is 2.75. The highest BCUT2D eigenvalue weighted by Crippen LogP contribution is 2.12. The fraction of sp³-hybridized carbons (Fsp3) is 0.143. The van der Waals surface area contributed by atoms with Crippen molar-refractivity contribution in [1.82, 2.24) is 15.3 Å². The summed E-state index contributed by atoms with van der Waals surface area (Å²) in [5.74, 6) is 0.592. The summed E-state index contributed by atoms with van der Waals surface area (Å²) in [4.78, 5) is 28.6. The van der Waals surface area contributed by atoms with Crippen LogP contribution < -0.4 is 5.32 Å². The number of hydrogen-bond donors (Lipinski definition) is 2. The number of rotatable bonds is 6. The van der Waals surface area contributed by atoms with Gasteiger partial charge in [-0.1, -0.05) is 0 Å². The van der Waals surface area contributed by atoms with Crippen LogP contribution in [0.2, 0.25) is 0 Å². The van der Waals surface area contributed by atoms with E-state index >= 15 is 0 Å². The number of nitrogens with zero attached hydrogens (tertiary/aromatic N) is 2. The van der Waals surface area contributed by atoms with Gasteiger partial charge < -0.3 is 10.3 Å². The number of nitro groups is 1. The number of aromatic nitrogens is 2. The standard InChI is InChI=1S/C14H14N4O3/c19-14(17-8-7-13-15-9-10-16-13)6-3-11-1-4-12(5-2-11)18(20)21/h1-6,9-10H,7-8H2,(H,15,16)(H,17,19)/b6-3+. The van der Waals surface area contributed by atoms with E-state index in [1.807, 2.05) is 0 Å². The van der Waals surface area contributed by atoms with E-state index in [-0.39, 0.29) is 11.6 Å². The Hall–Kier alpha value is -2.96. The van der Waals surface area contributed by atoms with Gasteiger partial charge >= 0.3 is 0 Å². The smallest absolute Gasteiger partial charge is 0.269 e. The number of nitro benzene ring substituents is 1. The van der Waals surface area contributed by atoms with E-state index in [1.165, 1.54) is 18.2 Å². The molecule has 1 aromatic carbocycles. The van der Waals surface area contributed by atoms with Crippen molar-refractivity contribution in [3.8, 4) is 0 Å². The van der Waals surface area contributed by atoms with E-state index in [0.717, 1.165) is 11.4 Å². The Kier molecular flexibility index (Phi) is 4.81. The maximum Gasteiger partial charge on any atom is 0.269 e. The lowest BCUT2D eigenvalue weighted by molar-refractivity contribution is -0.384. The molecule has 1 amide bonds. The van der Waals surface area contributed by atoms with Crippen LogP contribution in [0.4, 0.5) is 5.69 Å². The molecule has 0 unspecified atom stereocenters. The van der Waals surface area contributed by atoms with Gasteiger partial charge in [0.25, 0.3) is 5.69 Å². The van der Waals surface area contributed by atoms with Crippen LogP contribution in [-0.4, -0.2) is 27.3 Å². The summed E-state index contributed by atoms with van der Waals surface area (Å²) in [6.45, 7) is 0.483. The van der Waals surface area contributed by atoms with Gasteiger partial charge in [-0.05, 0) is 23.8 Å². The number of carbonyl (C=O) groups excluding carboxylic acids is 1. The number of non-ortho nitro benzene ring substituents is 1. The normalized spacial score (nSPS) is 10.7. The third kappa shape index (κ3) is 4.57. The average molecular weight is 286 g/mol. The van der Waals surface area contributed by atoms with Crippen molar-refractivity contribution in [2.45, 2.75) is 6.42 Å². The zero-order valence-electron chi connectivity index (χ0n) is 11.2. The molecule has 0 saturated heterocycles. The quantitative estimate of drug-likeness (QED) is 0.479. The summed E-state index contributed by atoms with van der Waals surface area (Å²) < 4.78 is 0. The number of carbonyl (C=O) groups is 1. The molecule has 0 saturated carbocycles. The number of amides is 1. The van der Waals surface area contributed by atoms with Crippen LogP contribution in [0.1, 0.15) is 11.4 Å². The van der Waals surface area contributed by atoms with Gasteiger partial charge in [0.15, 0.2) is 0 Å². The van der Waals surface area contributed by atoms with E-state index in [2.05, 4.69) is 15.3 Å². The van der Waals surface area contributed by atoms with Gasteiger partial charge in [0.2, 0.25) is 5.91 Å². The van der Waals surface area contributed by atoms with Crippen molar-refractivity contribution in [2.75, 3.05) is 6.54 Å². The van der Waals surface area contributed by atoms with E-state index in [0.29, 0.717) is 13.0 Å². The van der Waals surface area contributed by atoms with E-state index in [1.54, 1.807) is 30.6 Å². The molecule has 2 aromatic rings. The minimum atomic E-state index is -0.463. The number of imidazole rings is 1. The molecular weight excluding hydrogens is 272 g/mol. The van der Waals surface area contributed by atoms with Gasteiger partial charge in [0.1, 0.15) is 5.82 Å². The average Bonchev–Trinajstić information content (AvgIpc) is 2.99. The molecule has 7 nitrogen and oxygen atoms in total. The summed E-state index contributed by atoms with van der Waals surface area (Å²) in [7, 11) is 0. The van der Waals surface area contributed by atoms with Gasteiger partial charge in [-0.3, -0.25) is 14.9 Å². The lowest BCUT2D eigenvalue weighted by Gasteiger charge is -2.00. The number of benzene rings is 1. The van der Waals surface area contributed by atoms with E-state index in [9.17, 15) is 14.9 Å². The molecule has 0 radical (unpaired) electrons. The molecule has 0 atom stereocenters. The van der Waals surface area contributed by atoms with Crippen LogP contribution in [0.5, 0.6) is 0 Å². The molecule has 0 aliphatic carbocycles. The molecular formula is C14H14N4O3. The second-order valence-corrected chi connectivity index (χ2v) is 4.26. The van der Waals surface area contributed by atoms with Crippen LogP contribution in [0.15, 0.2) is 42.7 Å². The summed E-state index contributed by atoms with van der Waals surface area (Å²) in [5.41, 5.74) is 0.747. The Bertz CT molecular complexity index is 633. The van der Waals surface area contributed by atoms with Gasteiger partial charge in [-0.15, -0.1) is 0 Å². The molecule has 0 bridgehead atoms.